The van der Waals surface area contributed by atoms with Gasteiger partial charge in [-0.2, -0.15) is 5.26 Å². The highest BCUT2D eigenvalue weighted by molar-refractivity contribution is 6.03. The number of rotatable bonds is 6. The zero-order valence-electron chi connectivity index (χ0n) is 21.0. The number of aliphatic hydroxyl groups excluding tert-OH is 2. The van der Waals surface area contributed by atoms with E-state index < -0.39 is 22.7 Å². The summed E-state index contributed by atoms with van der Waals surface area (Å²) >= 11 is 0. The van der Waals surface area contributed by atoms with E-state index in [2.05, 4.69) is 35.2 Å². The van der Waals surface area contributed by atoms with Gasteiger partial charge in [0.2, 0.25) is 0 Å². The van der Waals surface area contributed by atoms with Crippen LogP contribution >= 0.6 is 0 Å². The van der Waals surface area contributed by atoms with E-state index in [9.17, 15) is 20.1 Å². The summed E-state index contributed by atoms with van der Waals surface area (Å²) in [5.74, 6) is -0.441. The number of nitrogens with one attached hydrogen (secondary N) is 2. The Morgan fingerprint density at radius 2 is 1.92 bits per heavy atom. The van der Waals surface area contributed by atoms with Gasteiger partial charge in [0.15, 0.2) is 5.82 Å². The van der Waals surface area contributed by atoms with Crippen molar-refractivity contribution in [2.45, 2.75) is 62.8 Å². The molecule has 1 aliphatic carbocycles. The van der Waals surface area contributed by atoms with Crippen LogP contribution in [0.15, 0.2) is 42.6 Å². The Labute approximate surface area is 215 Å². The predicted molar refractivity (Wildman–Crippen MR) is 136 cm³/mol. The van der Waals surface area contributed by atoms with Crippen LogP contribution in [0.3, 0.4) is 0 Å². The van der Waals surface area contributed by atoms with E-state index in [0.717, 1.165) is 30.4 Å². The third kappa shape index (κ3) is 4.62. The fourth-order valence-corrected chi connectivity index (χ4v) is 5.71. The molecule has 2 aromatic rings. The number of aliphatic hydroxyl groups is 3. The third-order valence-corrected chi connectivity index (χ3v) is 7.85. The highest BCUT2D eigenvalue weighted by Crippen LogP contribution is 2.52. The van der Waals surface area contributed by atoms with Crippen molar-refractivity contribution >= 4 is 17.2 Å². The van der Waals surface area contributed by atoms with Crippen molar-refractivity contribution in [3.8, 4) is 6.07 Å². The molecule has 2 bridgehead atoms. The first-order chi connectivity index (χ1) is 17.5. The van der Waals surface area contributed by atoms with E-state index in [1.165, 1.54) is 6.20 Å². The number of ether oxygens (including phenoxy) is 1. The number of aromatic amines is 1. The molecule has 3 heterocycles. The van der Waals surface area contributed by atoms with Crippen molar-refractivity contribution in [2.75, 3.05) is 18.5 Å². The van der Waals surface area contributed by atoms with Crippen LogP contribution in [0.4, 0.5) is 5.69 Å². The first-order valence-corrected chi connectivity index (χ1v) is 12.5. The lowest BCUT2D eigenvalue weighted by Crippen LogP contribution is -2.55. The molecule has 9 heteroatoms. The predicted octanol–water partition coefficient (Wildman–Crippen LogP) is 3.16. The first-order valence-electron chi connectivity index (χ1n) is 12.5. The van der Waals surface area contributed by atoms with E-state index in [0.29, 0.717) is 11.3 Å². The highest BCUT2D eigenvalue weighted by atomic mass is 16.6. The number of hydrogen-bond donors (Lipinski definition) is 5. The summed E-state index contributed by atoms with van der Waals surface area (Å²) in [4.78, 5) is 19.6. The Hall–Kier alpha value is -3.29. The van der Waals surface area contributed by atoms with E-state index in [1.807, 2.05) is 12.1 Å². The average Bonchev–Trinajstić information content (AvgIpc) is 3.48. The maximum atomic E-state index is 12.9. The number of nitrogens with zero attached hydrogens (tertiary/aromatic N) is 2. The van der Waals surface area contributed by atoms with Gasteiger partial charge in [0, 0.05) is 24.1 Å². The molecule has 1 saturated heterocycles. The van der Waals surface area contributed by atoms with Gasteiger partial charge in [-0.15, -0.1) is 0 Å². The number of carbonyl (C=O) groups excluding carboxylic acids is 1. The molecule has 2 atom stereocenters. The van der Waals surface area contributed by atoms with Gasteiger partial charge in [0.05, 0.1) is 25.0 Å². The average molecular weight is 505 g/mol. The number of benzene rings is 1. The molecular weight excluding hydrogens is 472 g/mol. The summed E-state index contributed by atoms with van der Waals surface area (Å²) in [5.41, 5.74) is -0.0940. The van der Waals surface area contributed by atoms with Gasteiger partial charge in [0.1, 0.15) is 23.0 Å². The number of nitriles is 1. The van der Waals surface area contributed by atoms with E-state index >= 15 is 0 Å². The van der Waals surface area contributed by atoms with Crippen LogP contribution in [0.1, 0.15) is 73.4 Å². The van der Waals surface area contributed by atoms with Gasteiger partial charge < -0.3 is 30.4 Å². The molecule has 2 aliphatic heterocycles. The lowest BCUT2D eigenvalue weighted by Gasteiger charge is -2.47. The second kappa shape index (κ2) is 8.92. The van der Waals surface area contributed by atoms with Crippen molar-refractivity contribution in [1.82, 2.24) is 9.97 Å². The van der Waals surface area contributed by atoms with Gasteiger partial charge >= 0.3 is 0 Å². The fourth-order valence-electron chi connectivity index (χ4n) is 5.71. The van der Waals surface area contributed by atoms with Crippen LogP contribution in [0.25, 0.3) is 5.57 Å². The molecule has 1 fully saturated rings. The number of fused-ring (bicyclic) bond motifs is 2. The van der Waals surface area contributed by atoms with E-state index in [1.54, 1.807) is 24.3 Å². The van der Waals surface area contributed by atoms with Gasteiger partial charge in [-0.3, -0.25) is 4.79 Å². The quantitative estimate of drug-likeness (QED) is 0.379. The molecular formula is C28H32N4O5. The van der Waals surface area contributed by atoms with Crippen LogP contribution in [-0.4, -0.2) is 55.6 Å². The van der Waals surface area contributed by atoms with Crippen LogP contribution in [0.2, 0.25) is 0 Å². The van der Waals surface area contributed by atoms with Crippen molar-refractivity contribution in [3.05, 3.63) is 65.3 Å². The normalized spacial score (nSPS) is 30.0. The monoisotopic (exact) mass is 504 g/mol. The molecule has 0 saturated carbocycles. The minimum atomic E-state index is -1.37. The smallest absolute Gasteiger partial charge is 0.291 e. The minimum Gasteiger partial charge on any atom is -0.393 e. The van der Waals surface area contributed by atoms with Gasteiger partial charge in [-0.05, 0) is 47.9 Å². The van der Waals surface area contributed by atoms with E-state index in [-0.39, 0.29) is 43.0 Å². The molecule has 9 nitrogen and oxygen atoms in total. The Morgan fingerprint density at radius 1 is 1.22 bits per heavy atom. The molecule has 3 aliphatic rings. The Bertz CT molecular complexity index is 1310. The molecule has 1 aromatic carbocycles. The molecule has 5 rings (SSSR count). The van der Waals surface area contributed by atoms with Crippen LogP contribution in [0.5, 0.6) is 0 Å². The number of anilines is 1. The molecule has 0 radical (unpaired) electrons. The van der Waals surface area contributed by atoms with Crippen molar-refractivity contribution in [1.29, 1.82) is 5.26 Å². The van der Waals surface area contributed by atoms with Crippen molar-refractivity contribution < 1.29 is 24.9 Å². The fraction of sp³-hybridized carbons (Fsp3) is 0.464. The van der Waals surface area contributed by atoms with Gasteiger partial charge in [-0.1, -0.05) is 38.1 Å². The Balaban J connectivity index is 1.53. The second-order valence-corrected chi connectivity index (χ2v) is 11.3. The highest BCUT2D eigenvalue weighted by Gasteiger charge is 2.57. The molecule has 1 aromatic heterocycles. The number of allylic oxidation sites excluding steroid dienone is 2. The summed E-state index contributed by atoms with van der Waals surface area (Å²) in [7, 11) is 0. The van der Waals surface area contributed by atoms with Crippen LogP contribution in [-0.2, 0) is 10.3 Å². The lowest BCUT2D eigenvalue weighted by molar-refractivity contribution is -0.220. The zero-order valence-corrected chi connectivity index (χ0v) is 21.0. The molecule has 5 N–H and O–H groups in total. The van der Waals surface area contributed by atoms with Crippen molar-refractivity contribution in [3.63, 3.8) is 0 Å². The van der Waals surface area contributed by atoms with Gasteiger partial charge in [0.25, 0.3) is 5.91 Å². The number of H-pyrrole nitrogens is 1. The second-order valence-electron chi connectivity index (χ2n) is 11.3. The van der Waals surface area contributed by atoms with Crippen molar-refractivity contribution in [2.24, 2.45) is 5.41 Å². The maximum Gasteiger partial charge on any atom is 0.291 e. The topological polar surface area (TPSA) is 151 Å². The number of amides is 1. The lowest BCUT2D eigenvalue weighted by atomic mass is 9.73. The minimum absolute atomic E-state index is 0.0332. The zero-order chi connectivity index (χ0) is 26.5. The molecule has 2 unspecified atom stereocenters. The van der Waals surface area contributed by atoms with Crippen LogP contribution < -0.4 is 5.32 Å². The third-order valence-electron chi connectivity index (χ3n) is 7.85. The molecule has 0 spiro atoms. The number of carbonyl (C=O) groups is 1. The molecule has 1 amide bonds. The summed E-state index contributed by atoms with van der Waals surface area (Å²) < 4.78 is 6.02. The molecule has 194 valence electrons. The summed E-state index contributed by atoms with van der Waals surface area (Å²) in [6.07, 6.45) is 9.90. The molecule has 37 heavy (non-hydrogen) atoms. The Morgan fingerprint density at radius 3 is 2.49 bits per heavy atom. The Kier molecular flexibility index (Phi) is 6.12. The summed E-state index contributed by atoms with van der Waals surface area (Å²) in [6.45, 7) is 3.81. The van der Waals surface area contributed by atoms with Gasteiger partial charge in [-0.25, -0.2) is 4.98 Å². The standard InChI is InChI=1S/C28H32N4O5/c1-25(2)7-5-18(6-8-25)21-11-19(3-4-22(21)32-24(35)23-30-13-20(12-29)31-23)28(36)14-26(16-33)9-10-27(15-28,17-34)37-26/h3-5,9-11,13,33-34,36H,6-8,14-17H2,1-2H3,(H,30,31)(H,32,35). The largest absolute Gasteiger partial charge is 0.393 e. The van der Waals surface area contributed by atoms with E-state index in [4.69, 9.17) is 10.00 Å². The summed E-state index contributed by atoms with van der Waals surface area (Å²) in [5, 5.41) is 44.0. The summed E-state index contributed by atoms with van der Waals surface area (Å²) in [6, 6.07) is 7.34. The van der Waals surface area contributed by atoms with Crippen LogP contribution in [0, 0.1) is 16.7 Å². The SMILES string of the molecule is CC1(C)CC=C(c2cc(C3(O)CC4(CO)C=CC(CO)(C3)O4)ccc2NC(=O)c2ncc(C#N)[nH]2)CC1. The first kappa shape index (κ1) is 25.4. The maximum absolute atomic E-state index is 12.9. The number of aromatic nitrogens is 2. The number of imidazole rings is 1. The number of hydrogen-bond acceptors (Lipinski definition) is 7.